The van der Waals surface area contributed by atoms with Crippen LogP contribution in [-0.2, 0) is 0 Å². The molecule has 0 aliphatic rings. The molecule has 4 rings (SSSR count). The lowest BCUT2D eigenvalue weighted by Gasteiger charge is -2.09. The highest BCUT2D eigenvalue weighted by Gasteiger charge is 2.15. The van der Waals surface area contributed by atoms with Gasteiger partial charge < -0.3 is 5.11 Å². The number of carboxylic acids is 1. The summed E-state index contributed by atoms with van der Waals surface area (Å²) >= 11 is 4.81. The maximum atomic E-state index is 11.2. The summed E-state index contributed by atoms with van der Waals surface area (Å²) in [6, 6.07) is 18.0. The van der Waals surface area contributed by atoms with Crippen molar-refractivity contribution in [2.75, 3.05) is 0 Å². The number of rotatable bonds is 2. The van der Waals surface area contributed by atoms with Crippen LogP contribution in [0.2, 0.25) is 0 Å². The van der Waals surface area contributed by atoms with E-state index < -0.39 is 5.97 Å². The van der Waals surface area contributed by atoms with Crippen molar-refractivity contribution < 1.29 is 9.90 Å². The summed E-state index contributed by atoms with van der Waals surface area (Å²) in [5, 5.41) is 11.6. The van der Waals surface area contributed by atoms with Gasteiger partial charge in [0, 0.05) is 10.0 Å². The SMILES string of the molecule is O=C(O)c1nc2cccc(-c3ccc(Br)c4ccccc34)c2s1. The molecule has 3 aromatic carbocycles. The molecule has 112 valence electrons. The molecule has 4 aromatic rings. The third kappa shape index (κ3) is 2.33. The highest BCUT2D eigenvalue weighted by Crippen LogP contribution is 2.38. The summed E-state index contributed by atoms with van der Waals surface area (Å²) in [6.45, 7) is 0. The first-order valence-electron chi connectivity index (χ1n) is 6.95. The number of nitrogens with zero attached hydrogens (tertiary/aromatic N) is 1. The Morgan fingerprint density at radius 1 is 0.957 bits per heavy atom. The minimum Gasteiger partial charge on any atom is -0.476 e. The molecule has 0 aliphatic heterocycles. The molecule has 0 amide bonds. The number of hydrogen-bond donors (Lipinski definition) is 1. The van der Waals surface area contributed by atoms with Gasteiger partial charge in [0.1, 0.15) is 0 Å². The standard InChI is InChI=1S/C18H10BrNO2S/c19-14-9-8-11(10-4-1-2-5-12(10)14)13-6-3-7-15-16(13)23-17(20-15)18(21)22/h1-9H,(H,21,22). The number of fused-ring (bicyclic) bond motifs is 2. The zero-order valence-corrected chi connectivity index (χ0v) is 14.2. The third-order valence-electron chi connectivity index (χ3n) is 3.76. The minimum atomic E-state index is -0.988. The van der Waals surface area contributed by atoms with Crippen molar-refractivity contribution in [2.24, 2.45) is 0 Å². The van der Waals surface area contributed by atoms with Crippen molar-refractivity contribution >= 4 is 54.2 Å². The van der Waals surface area contributed by atoms with Crippen molar-refractivity contribution in [3.05, 3.63) is 64.1 Å². The van der Waals surface area contributed by atoms with E-state index in [2.05, 4.69) is 39.1 Å². The predicted octanol–water partition coefficient (Wildman–Crippen LogP) is 5.58. The van der Waals surface area contributed by atoms with Gasteiger partial charge in [0.15, 0.2) is 0 Å². The molecule has 1 heterocycles. The Bertz CT molecular complexity index is 1070. The number of halogens is 1. The average molecular weight is 384 g/mol. The van der Waals surface area contributed by atoms with Gasteiger partial charge in [-0.25, -0.2) is 9.78 Å². The molecule has 0 radical (unpaired) electrons. The molecule has 0 fully saturated rings. The van der Waals surface area contributed by atoms with E-state index in [-0.39, 0.29) is 5.01 Å². The fourth-order valence-electron chi connectivity index (χ4n) is 2.75. The number of aromatic carboxylic acids is 1. The van der Waals surface area contributed by atoms with Crippen LogP contribution in [-0.4, -0.2) is 16.1 Å². The first-order chi connectivity index (χ1) is 11.1. The number of benzene rings is 3. The van der Waals surface area contributed by atoms with Crippen LogP contribution in [0.25, 0.3) is 32.1 Å². The molecule has 1 aromatic heterocycles. The van der Waals surface area contributed by atoms with E-state index in [0.29, 0.717) is 0 Å². The zero-order chi connectivity index (χ0) is 16.0. The predicted molar refractivity (Wildman–Crippen MR) is 97.2 cm³/mol. The minimum absolute atomic E-state index is 0.119. The van der Waals surface area contributed by atoms with Gasteiger partial charge in [0.25, 0.3) is 0 Å². The molecule has 23 heavy (non-hydrogen) atoms. The van der Waals surface area contributed by atoms with E-state index in [0.717, 1.165) is 36.6 Å². The number of carbonyl (C=O) groups is 1. The molecule has 0 spiro atoms. The molecule has 0 saturated heterocycles. The second kappa shape index (κ2) is 5.44. The van der Waals surface area contributed by atoms with Crippen molar-refractivity contribution in [2.45, 2.75) is 0 Å². The molecule has 0 saturated carbocycles. The Morgan fingerprint density at radius 2 is 1.74 bits per heavy atom. The highest BCUT2D eigenvalue weighted by molar-refractivity contribution is 9.10. The summed E-state index contributed by atoms with van der Waals surface area (Å²) in [6.07, 6.45) is 0. The smallest absolute Gasteiger partial charge is 0.365 e. The van der Waals surface area contributed by atoms with Gasteiger partial charge >= 0.3 is 5.97 Å². The molecule has 0 aliphatic carbocycles. The van der Waals surface area contributed by atoms with E-state index in [1.165, 1.54) is 11.3 Å². The second-order valence-electron chi connectivity index (χ2n) is 5.12. The summed E-state index contributed by atoms with van der Waals surface area (Å²) < 4.78 is 1.94. The number of hydrogen-bond acceptors (Lipinski definition) is 3. The largest absolute Gasteiger partial charge is 0.476 e. The highest BCUT2D eigenvalue weighted by atomic mass is 79.9. The lowest BCUT2D eigenvalue weighted by atomic mass is 9.98. The second-order valence-corrected chi connectivity index (χ2v) is 6.97. The van der Waals surface area contributed by atoms with Crippen LogP contribution in [0.4, 0.5) is 0 Å². The van der Waals surface area contributed by atoms with Gasteiger partial charge in [0.05, 0.1) is 10.2 Å². The first kappa shape index (κ1) is 14.4. The van der Waals surface area contributed by atoms with Crippen LogP contribution >= 0.6 is 27.3 Å². The van der Waals surface area contributed by atoms with Crippen molar-refractivity contribution in [1.82, 2.24) is 4.98 Å². The summed E-state index contributed by atoms with van der Waals surface area (Å²) in [5.74, 6) is -0.988. The summed E-state index contributed by atoms with van der Waals surface area (Å²) in [4.78, 5) is 15.4. The van der Waals surface area contributed by atoms with E-state index in [1.54, 1.807) is 0 Å². The van der Waals surface area contributed by atoms with E-state index in [4.69, 9.17) is 0 Å². The van der Waals surface area contributed by atoms with Crippen LogP contribution < -0.4 is 0 Å². The van der Waals surface area contributed by atoms with Crippen LogP contribution in [0.1, 0.15) is 9.80 Å². The fraction of sp³-hybridized carbons (Fsp3) is 0. The van der Waals surface area contributed by atoms with Gasteiger partial charge in [-0.2, -0.15) is 0 Å². The fourth-order valence-corrected chi connectivity index (χ4v) is 4.16. The van der Waals surface area contributed by atoms with Crippen LogP contribution in [0.3, 0.4) is 0 Å². The first-order valence-corrected chi connectivity index (χ1v) is 8.56. The molecule has 0 atom stereocenters. The van der Waals surface area contributed by atoms with Crippen LogP contribution in [0.5, 0.6) is 0 Å². The van der Waals surface area contributed by atoms with Gasteiger partial charge in [0.2, 0.25) is 5.01 Å². The van der Waals surface area contributed by atoms with Gasteiger partial charge in [-0.3, -0.25) is 0 Å². The number of carboxylic acid groups (broad SMARTS) is 1. The Kier molecular flexibility index (Phi) is 3.39. The third-order valence-corrected chi connectivity index (χ3v) is 5.54. The molecule has 1 N–H and O–H groups in total. The quantitative estimate of drug-likeness (QED) is 0.491. The lowest BCUT2D eigenvalue weighted by Crippen LogP contribution is -1.93. The molecular weight excluding hydrogens is 374 g/mol. The molecular formula is C18H10BrNO2S. The topological polar surface area (TPSA) is 50.2 Å². The van der Waals surface area contributed by atoms with E-state index >= 15 is 0 Å². The summed E-state index contributed by atoms with van der Waals surface area (Å²) in [7, 11) is 0. The van der Waals surface area contributed by atoms with Crippen molar-refractivity contribution in [3.63, 3.8) is 0 Å². The number of thiazole rings is 1. The number of aromatic nitrogens is 1. The van der Waals surface area contributed by atoms with Crippen molar-refractivity contribution in [3.8, 4) is 11.1 Å². The Morgan fingerprint density at radius 3 is 2.52 bits per heavy atom. The zero-order valence-electron chi connectivity index (χ0n) is 11.8. The lowest BCUT2D eigenvalue weighted by molar-refractivity contribution is 0.0696. The van der Waals surface area contributed by atoms with Gasteiger partial charge in [-0.1, -0.05) is 58.4 Å². The van der Waals surface area contributed by atoms with E-state index in [9.17, 15) is 9.90 Å². The molecule has 0 bridgehead atoms. The molecule has 5 heteroatoms. The Balaban J connectivity index is 2.07. The Labute approximate surface area is 144 Å². The summed E-state index contributed by atoms with van der Waals surface area (Å²) in [5.41, 5.74) is 2.81. The van der Waals surface area contributed by atoms with Crippen molar-refractivity contribution in [1.29, 1.82) is 0 Å². The maximum Gasteiger partial charge on any atom is 0.365 e. The van der Waals surface area contributed by atoms with Gasteiger partial charge in [-0.05, 0) is 28.5 Å². The Hall–Kier alpha value is -2.24. The van der Waals surface area contributed by atoms with E-state index in [1.807, 2.05) is 36.4 Å². The average Bonchev–Trinajstić information content (AvgIpc) is 3.00. The normalized spacial score (nSPS) is 11.2. The van der Waals surface area contributed by atoms with Crippen LogP contribution in [0.15, 0.2) is 59.1 Å². The van der Waals surface area contributed by atoms with Crippen LogP contribution in [0, 0.1) is 0 Å². The molecule has 0 unspecified atom stereocenters. The van der Waals surface area contributed by atoms with Gasteiger partial charge in [-0.15, -0.1) is 11.3 Å². The monoisotopic (exact) mass is 383 g/mol. The molecule has 3 nitrogen and oxygen atoms in total. The maximum absolute atomic E-state index is 11.2.